The number of rotatable bonds is 1. The summed E-state index contributed by atoms with van der Waals surface area (Å²) < 4.78 is 5.19. The Morgan fingerprint density at radius 1 is 1.56 bits per heavy atom. The Hall–Kier alpha value is -1.29. The summed E-state index contributed by atoms with van der Waals surface area (Å²) in [7, 11) is 0. The predicted octanol–water partition coefficient (Wildman–Crippen LogP) is 1.02. The van der Waals surface area contributed by atoms with Crippen molar-refractivity contribution in [2.24, 2.45) is 5.92 Å². The van der Waals surface area contributed by atoms with Crippen molar-refractivity contribution in [2.75, 3.05) is 19.6 Å². The Bertz CT molecular complexity index is 413. The van der Waals surface area contributed by atoms with E-state index in [1.165, 1.54) is 0 Å². The van der Waals surface area contributed by atoms with Crippen molar-refractivity contribution in [3.8, 4) is 0 Å². The predicted molar refractivity (Wildman–Crippen MR) is 59.2 cm³/mol. The van der Waals surface area contributed by atoms with Gasteiger partial charge < -0.3 is 14.6 Å². The van der Waals surface area contributed by atoms with Crippen LogP contribution >= 0.6 is 0 Å². The normalized spacial score (nSPS) is 28.4. The van der Waals surface area contributed by atoms with E-state index >= 15 is 0 Å². The first-order valence-corrected chi connectivity index (χ1v) is 5.83. The quantitative estimate of drug-likeness (QED) is 0.768. The van der Waals surface area contributed by atoms with Gasteiger partial charge in [0, 0.05) is 25.7 Å². The zero-order chi connectivity index (χ0) is 11.1. The van der Waals surface area contributed by atoms with Crippen molar-refractivity contribution in [1.29, 1.82) is 0 Å². The smallest absolute Gasteiger partial charge is 0.257 e. The number of hydrogen-bond donors (Lipinski definition) is 1. The fourth-order valence-corrected chi connectivity index (χ4v) is 2.86. The molecule has 4 heteroatoms. The number of nitrogens with zero attached hydrogens (tertiary/aromatic N) is 1. The summed E-state index contributed by atoms with van der Waals surface area (Å²) in [6.07, 6.45) is 2.71. The van der Waals surface area contributed by atoms with Gasteiger partial charge in [0.05, 0.1) is 11.8 Å². The number of amides is 1. The number of carbonyl (C=O) groups excluding carboxylic acids is 1. The molecule has 2 saturated heterocycles. The molecule has 2 atom stereocenters. The van der Waals surface area contributed by atoms with Gasteiger partial charge in [0.15, 0.2) is 0 Å². The summed E-state index contributed by atoms with van der Waals surface area (Å²) in [5.41, 5.74) is 0.715. The molecule has 2 fully saturated rings. The van der Waals surface area contributed by atoms with E-state index in [9.17, 15) is 4.79 Å². The van der Waals surface area contributed by atoms with Gasteiger partial charge in [-0.15, -0.1) is 0 Å². The number of carbonyl (C=O) groups is 1. The maximum atomic E-state index is 12.3. The van der Waals surface area contributed by atoms with Crippen molar-refractivity contribution in [3.63, 3.8) is 0 Å². The Morgan fingerprint density at radius 2 is 2.44 bits per heavy atom. The van der Waals surface area contributed by atoms with Crippen LogP contribution in [0.1, 0.15) is 22.5 Å². The monoisotopic (exact) mass is 220 g/mol. The highest BCUT2D eigenvalue weighted by molar-refractivity contribution is 5.95. The Morgan fingerprint density at radius 3 is 3.19 bits per heavy atom. The lowest BCUT2D eigenvalue weighted by atomic mass is 10.0. The lowest BCUT2D eigenvalue weighted by molar-refractivity contribution is 0.0735. The van der Waals surface area contributed by atoms with Crippen LogP contribution in [-0.4, -0.2) is 36.5 Å². The van der Waals surface area contributed by atoms with Gasteiger partial charge >= 0.3 is 0 Å². The summed E-state index contributed by atoms with van der Waals surface area (Å²) in [5.74, 6) is 1.50. The largest absolute Gasteiger partial charge is 0.469 e. The minimum absolute atomic E-state index is 0.127. The lowest BCUT2D eigenvalue weighted by Gasteiger charge is -2.23. The highest BCUT2D eigenvalue weighted by Gasteiger charge is 2.40. The number of hydrogen-bond acceptors (Lipinski definition) is 3. The van der Waals surface area contributed by atoms with E-state index in [-0.39, 0.29) is 5.91 Å². The van der Waals surface area contributed by atoms with Crippen molar-refractivity contribution in [3.05, 3.63) is 23.7 Å². The van der Waals surface area contributed by atoms with E-state index in [1.54, 1.807) is 12.3 Å². The second-order valence-electron chi connectivity index (χ2n) is 4.66. The van der Waals surface area contributed by atoms with Gasteiger partial charge in [-0.25, -0.2) is 0 Å². The number of fused-ring (bicyclic) bond motifs is 1. The molecule has 0 spiro atoms. The van der Waals surface area contributed by atoms with E-state index in [2.05, 4.69) is 5.32 Å². The fourth-order valence-electron chi connectivity index (χ4n) is 2.86. The lowest BCUT2D eigenvalue weighted by Crippen LogP contribution is -2.39. The van der Waals surface area contributed by atoms with Gasteiger partial charge in [-0.3, -0.25) is 4.79 Å². The Labute approximate surface area is 94.6 Å². The van der Waals surface area contributed by atoms with Crippen LogP contribution in [0, 0.1) is 12.8 Å². The van der Waals surface area contributed by atoms with E-state index in [1.807, 2.05) is 11.8 Å². The molecule has 3 heterocycles. The molecule has 16 heavy (non-hydrogen) atoms. The van der Waals surface area contributed by atoms with E-state index in [0.717, 1.165) is 31.8 Å². The van der Waals surface area contributed by atoms with Crippen LogP contribution in [0.25, 0.3) is 0 Å². The molecule has 0 radical (unpaired) electrons. The molecule has 0 aromatic carbocycles. The summed E-state index contributed by atoms with van der Waals surface area (Å²) in [6, 6.07) is 2.16. The molecule has 2 aliphatic rings. The molecule has 0 saturated carbocycles. The second-order valence-corrected chi connectivity index (χ2v) is 4.66. The van der Waals surface area contributed by atoms with Crippen LogP contribution in [-0.2, 0) is 0 Å². The molecular weight excluding hydrogens is 204 g/mol. The van der Waals surface area contributed by atoms with Crippen LogP contribution in [0.4, 0.5) is 0 Å². The minimum atomic E-state index is 0.127. The van der Waals surface area contributed by atoms with Gasteiger partial charge in [0.25, 0.3) is 5.91 Å². The third kappa shape index (κ3) is 1.37. The molecule has 2 aliphatic heterocycles. The highest BCUT2D eigenvalue weighted by atomic mass is 16.3. The molecule has 0 unspecified atom stereocenters. The molecule has 3 rings (SSSR count). The average Bonchev–Trinajstić information content (AvgIpc) is 2.90. The van der Waals surface area contributed by atoms with Crippen LogP contribution in [0.3, 0.4) is 0 Å². The fraction of sp³-hybridized carbons (Fsp3) is 0.583. The topological polar surface area (TPSA) is 45.5 Å². The summed E-state index contributed by atoms with van der Waals surface area (Å²) in [5, 5.41) is 3.35. The van der Waals surface area contributed by atoms with Gasteiger partial charge in [-0.1, -0.05) is 0 Å². The molecule has 0 bridgehead atoms. The molecule has 1 amide bonds. The van der Waals surface area contributed by atoms with Crippen molar-refractivity contribution >= 4 is 5.91 Å². The minimum Gasteiger partial charge on any atom is -0.469 e. The molecule has 86 valence electrons. The van der Waals surface area contributed by atoms with Gasteiger partial charge in [-0.2, -0.15) is 0 Å². The van der Waals surface area contributed by atoms with Crippen LogP contribution in [0.2, 0.25) is 0 Å². The molecule has 1 aromatic heterocycles. The first kappa shape index (κ1) is 9.90. The van der Waals surface area contributed by atoms with Gasteiger partial charge in [0.2, 0.25) is 0 Å². The Kier molecular flexibility index (Phi) is 2.24. The molecule has 0 aliphatic carbocycles. The highest BCUT2D eigenvalue weighted by Crippen LogP contribution is 2.29. The first-order chi connectivity index (χ1) is 7.77. The standard InChI is InChI=1S/C12H16N2O2/c1-8-10(3-5-16-8)12(15)14-4-2-9-6-13-7-11(9)14/h3,5,9,11,13H,2,4,6-7H2,1H3/t9-,11+/m0/s1. The average molecular weight is 220 g/mol. The Balaban J connectivity index is 1.83. The zero-order valence-corrected chi connectivity index (χ0v) is 9.40. The van der Waals surface area contributed by atoms with Crippen LogP contribution in [0.15, 0.2) is 16.7 Å². The second kappa shape index (κ2) is 3.63. The van der Waals surface area contributed by atoms with Crippen LogP contribution in [0.5, 0.6) is 0 Å². The summed E-state index contributed by atoms with van der Waals surface area (Å²) in [6.45, 7) is 4.72. The van der Waals surface area contributed by atoms with E-state index in [4.69, 9.17) is 4.42 Å². The number of furan rings is 1. The van der Waals surface area contributed by atoms with Crippen molar-refractivity contribution in [2.45, 2.75) is 19.4 Å². The van der Waals surface area contributed by atoms with Gasteiger partial charge in [0.1, 0.15) is 5.76 Å². The number of aryl methyl sites for hydroxylation is 1. The van der Waals surface area contributed by atoms with Crippen molar-refractivity contribution < 1.29 is 9.21 Å². The molecular formula is C12H16N2O2. The molecule has 1 aromatic rings. The number of likely N-dealkylation sites (tertiary alicyclic amines) is 1. The molecule has 1 N–H and O–H groups in total. The first-order valence-electron chi connectivity index (χ1n) is 5.83. The van der Waals surface area contributed by atoms with Gasteiger partial charge in [-0.05, 0) is 25.3 Å². The third-order valence-corrected chi connectivity index (χ3v) is 3.80. The SMILES string of the molecule is Cc1occc1C(=O)N1CC[C@H]2CNC[C@H]21. The maximum absolute atomic E-state index is 12.3. The maximum Gasteiger partial charge on any atom is 0.257 e. The van der Waals surface area contributed by atoms with Crippen LogP contribution < -0.4 is 5.32 Å². The van der Waals surface area contributed by atoms with E-state index < -0.39 is 0 Å². The zero-order valence-electron chi connectivity index (χ0n) is 9.40. The number of nitrogens with one attached hydrogen (secondary N) is 1. The van der Waals surface area contributed by atoms with Crippen molar-refractivity contribution in [1.82, 2.24) is 10.2 Å². The van der Waals surface area contributed by atoms with E-state index in [0.29, 0.717) is 17.5 Å². The summed E-state index contributed by atoms with van der Waals surface area (Å²) in [4.78, 5) is 14.3. The third-order valence-electron chi connectivity index (χ3n) is 3.80. The molecule has 4 nitrogen and oxygen atoms in total. The summed E-state index contributed by atoms with van der Waals surface area (Å²) >= 11 is 0.